The fraction of sp³-hybridized carbons (Fsp3) is 0.588. The van der Waals surface area contributed by atoms with Crippen LogP contribution in [-0.4, -0.2) is 32.1 Å². The first kappa shape index (κ1) is 15.0. The van der Waals surface area contributed by atoms with E-state index in [4.69, 9.17) is 14.2 Å². The lowest BCUT2D eigenvalue weighted by Gasteiger charge is -2.39. The Morgan fingerprint density at radius 2 is 2.04 bits per heavy atom. The van der Waals surface area contributed by atoms with Gasteiger partial charge in [0, 0.05) is 18.3 Å². The van der Waals surface area contributed by atoms with Crippen LogP contribution in [0.4, 0.5) is 8.78 Å². The van der Waals surface area contributed by atoms with Gasteiger partial charge in [-0.05, 0) is 36.1 Å². The molecule has 1 aromatic carbocycles. The van der Waals surface area contributed by atoms with Crippen molar-refractivity contribution in [2.75, 3.05) is 20.3 Å². The number of ether oxygens (including phenoxy) is 3. The summed E-state index contributed by atoms with van der Waals surface area (Å²) in [6.07, 6.45) is 1.11. The van der Waals surface area contributed by atoms with Crippen molar-refractivity contribution < 1.29 is 27.8 Å². The van der Waals surface area contributed by atoms with E-state index in [1.165, 1.54) is 13.2 Å². The van der Waals surface area contributed by atoms with Crippen molar-refractivity contribution in [3.63, 3.8) is 0 Å². The topological polar surface area (TPSA) is 44.8 Å². The van der Waals surface area contributed by atoms with Gasteiger partial charge in [-0.1, -0.05) is 0 Å². The largest absolute Gasteiger partial charge is 0.469 e. The van der Waals surface area contributed by atoms with Gasteiger partial charge in [0.1, 0.15) is 11.6 Å². The molecule has 124 valence electrons. The summed E-state index contributed by atoms with van der Waals surface area (Å²) in [5, 5.41) is 0. The molecule has 0 amide bonds. The fourth-order valence-corrected chi connectivity index (χ4v) is 4.40. The molecule has 1 aliphatic heterocycles. The molecule has 2 aliphatic carbocycles. The summed E-state index contributed by atoms with van der Waals surface area (Å²) in [4.78, 5) is 12.3. The maximum atomic E-state index is 14.3. The number of benzene rings is 1. The number of halogens is 2. The van der Waals surface area contributed by atoms with Crippen molar-refractivity contribution in [1.29, 1.82) is 0 Å². The van der Waals surface area contributed by atoms with Crippen LogP contribution in [0.3, 0.4) is 0 Å². The lowest BCUT2D eigenvalue weighted by Crippen LogP contribution is -2.45. The van der Waals surface area contributed by atoms with Crippen molar-refractivity contribution in [3.05, 3.63) is 35.4 Å². The summed E-state index contributed by atoms with van der Waals surface area (Å²) >= 11 is 0. The van der Waals surface area contributed by atoms with Crippen molar-refractivity contribution in [3.8, 4) is 0 Å². The van der Waals surface area contributed by atoms with E-state index in [9.17, 15) is 13.6 Å². The van der Waals surface area contributed by atoms with Crippen LogP contribution >= 0.6 is 0 Å². The van der Waals surface area contributed by atoms with Gasteiger partial charge >= 0.3 is 5.97 Å². The van der Waals surface area contributed by atoms with E-state index in [0.717, 1.165) is 18.6 Å². The Morgan fingerprint density at radius 3 is 2.74 bits per heavy atom. The molecule has 1 aromatic rings. The van der Waals surface area contributed by atoms with E-state index in [1.807, 2.05) is 0 Å². The third-order valence-corrected chi connectivity index (χ3v) is 5.40. The van der Waals surface area contributed by atoms with Crippen LogP contribution in [0.5, 0.6) is 0 Å². The number of carbonyl (C=O) groups excluding carboxylic acids is 1. The fourth-order valence-electron chi connectivity index (χ4n) is 4.40. The SMILES string of the molecule is COC(=O)[C@H]1CC2(OCCO2)[C@H]2C[C@H]2[C@@H]1c1cc(F)ccc1F. The first-order valence-corrected chi connectivity index (χ1v) is 7.86. The minimum absolute atomic E-state index is 0.0437. The summed E-state index contributed by atoms with van der Waals surface area (Å²) in [5.41, 5.74) is 0.251. The third kappa shape index (κ3) is 2.27. The summed E-state index contributed by atoms with van der Waals surface area (Å²) in [5.74, 6) is -3.01. The molecule has 1 spiro atoms. The second-order valence-corrected chi connectivity index (χ2v) is 6.54. The van der Waals surface area contributed by atoms with Gasteiger partial charge in [0.2, 0.25) is 0 Å². The summed E-state index contributed by atoms with van der Waals surface area (Å²) in [6.45, 7) is 0.992. The van der Waals surface area contributed by atoms with Crippen LogP contribution in [-0.2, 0) is 19.0 Å². The molecule has 4 atom stereocenters. The van der Waals surface area contributed by atoms with Gasteiger partial charge in [-0.15, -0.1) is 0 Å². The third-order valence-electron chi connectivity index (χ3n) is 5.40. The number of hydrogen-bond acceptors (Lipinski definition) is 4. The van der Waals surface area contributed by atoms with Crippen LogP contribution in [0.1, 0.15) is 24.3 Å². The van der Waals surface area contributed by atoms with Gasteiger partial charge in [-0.25, -0.2) is 8.78 Å². The van der Waals surface area contributed by atoms with Gasteiger partial charge in [0.05, 0.1) is 26.2 Å². The number of carbonyl (C=O) groups is 1. The molecule has 3 aliphatic rings. The van der Waals surface area contributed by atoms with Crippen molar-refractivity contribution >= 4 is 5.97 Å². The highest BCUT2D eigenvalue weighted by molar-refractivity contribution is 5.74. The highest BCUT2D eigenvalue weighted by atomic mass is 19.1. The Hall–Kier alpha value is -1.53. The Kier molecular flexibility index (Phi) is 3.43. The maximum absolute atomic E-state index is 14.3. The van der Waals surface area contributed by atoms with Gasteiger partial charge in [-0.2, -0.15) is 0 Å². The molecule has 0 bridgehead atoms. The molecule has 0 unspecified atom stereocenters. The molecule has 1 heterocycles. The van der Waals surface area contributed by atoms with Crippen LogP contribution in [0.25, 0.3) is 0 Å². The zero-order valence-electron chi connectivity index (χ0n) is 12.8. The molecule has 0 radical (unpaired) electrons. The quantitative estimate of drug-likeness (QED) is 0.785. The van der Waals surface area contributed by atoms with E-state index < -0.39 is 35.2 Å². The van der Waals surface area contributed by atoms with Gasteiger partial charge < -0.3 is 14.2 Å². The van der Waals surface area contributed by atoms with Crippen LogP contribution in [0.15, 0.2) is 18.2 Å². The molecule has 4 rings (SSSR count). The molecule has 4 nitrogen and oxygen atoms in total. The monoisotopic (exact) mass is 324 g/mol. The Labute approximate surface area is 132 Å². The standard InChI is InChI=1S/C17H18F2O4/c1-21-16(20)12-8-17(22-4-5-23-17)13-7-10(13)15(12)11-6-9(18)2-3-14(11)19/h2-3,6,10,12-13,15H,4-5,7-8H2,1H3/t10-,12+,13+,15-/m1/s1. The summed E-state index contributed by atoms with van der Waals surface area (Å²) < 4.78 is 44.4. The van der Waals surface area contributed by atoms with E-state index >= 15 is 0 Å². The molecule has 0 aromatic heterocycles. The van der Waals surface area contributed by atoms with E-state index in [-0.39, 0.29) is 17.4 Å². The molecule has 6 heteroatoms. The van der Waals surface area contributed by atoms with Crippen molar-refractivity contribution in [2.24, 2.45) is 17.8 Å². The predicted octanol–water partition coefficient (Wildman–Crippen LogP) is 2.62. The zero-order valence-corrected chi connectivity index (χ0v) is 12.8. The van der Waals surface area contributed by atoms with Crippen molar-refractivity contribution in [2.45, 2.75) is 24.5 Å². The number of esters is 1. The van der Waals surface area contributed by atoms with E-state index in [2.05, 4.69) is 0 Å². The molecule has 23 heavy (non-hydrogen) atoms. The maximum Gasteiger partial charge on any atom is 0.309 e. The summed E-state index contributed by atoms with van der Waals surface area (Å²) in [7, 11) is 1.31. The smallest absolute Gasteiger partial charge is 0.309 e. The summed E-state index contributed by atoms with van der Waals surface area (Å²) in [6, 6.07) is 3.40. The first-order valence-electron chi connectivity index (χ1n) is 7.86. The lowest BCUT2D eigenvalue weighted by atomic mass is 9.72. The average molecular weight is 324 g/mol. The molecule has 2 saturated carbocycles. The molecular weight excluding hydrogens is 306 g/mol. The number of rotatable bonds is 2. The van der Waals surface area contributed by atoms with Crippen LogP contribution < -0.4 is 0 Å². The average Bonchev–Trinajstić information content (AvgIpc) is 3.23. The highest BCUT2D eigenvalue weighted by Crippen LogP contribution is 2.65. The zero-order chi connectivity index (χ0) is 16.2. The number of fused-ring (bicyclic) bond motifs is 2. The van der Waals surface area contributed by atoms with E-state index in [1.54, 1.807) is 0 Å². The van der Waals surface area contributed by atoms with Gasteiger partial charge in [-0.3, -0.25) is 4.79 Å². The normalized spacial score (nSPS) is 34.2. The van der Waals surface area contributed by atoms with E-state index in [0.29, 0.717) is 19.6 Å². The number of methoxy groups -OCH3 is 1. The molecule has 0 N–H and O–H groups in total. The van der Waals surface area contributed by atoms with Gasteiger partial charge in [0.15, 0.2) is 5.79 Å². The van der Waals surface area contributed by atoms with Crippen LogP contribution in [0, 0.1) is 29.4 Å². The minimum atomic E-state index is -0.760. The first-order chi connectivity index (χ1) is 11.1. The molecule has 3 fully saturated rings. The number of hydrogen-bond donors (Lipinski definition) is 0. The Bertz CT molecular complexity index is 641. The van der Waals surface area contributed by atoms with Gasteiger partial charge in [0.25, 0.3) is 0 Å². The predicted molar refractivity (Wildman–Crippen MR) is 75.5 cm³/mol. The minimum Gasteiger partial charge on any atom is -0.469 e. The Morgan fingerprint density at radius 1 is 1.30 bits per heavy atom. The highest BCUT2D eigenvalue weighted by Gasteiger charge is 2.66. The lowest BCUT2D eigenvalue weighted by molar-refractivity contribution is -0.206. The Balaban J connectivity index is 1.74. The van der Waals surface area contributed by atoms with Crippen LogP contribution in [0.2, 0.25) is 0 Å². The second-order valence-electron chi connectivity index (χ2n) is 6.54. The second kappa shape index (κ2) is 5.24. The van der Waals surface area contributed by atoms with Crippen molar-refractivity contribution in [1.82, 2.24) is 0 Å². The molecule has 1 saturated heterocycles. The molecular formula is C17H18F2O4.